The molecule has 1 heterocycles. The molecule has 0 aliphatic carbocycles. The van der Waals surface area contributed by atoms with E-state index in [2.05, 4.69) is 14.9 Å². The van der Waals surface area contributed by atoms with Crippen LogP contribution in [0.3, 0.4) is 0 Å². The molecule has 2 rings (SSSR count). The minimum Gasteiger partial charge on any atom is -0.284 e. The Kier molecular flexibility index (Phi) is 2.89. The van der Waals surface area contributed by atoms with E-state index >= 15 is 0 Å². The summed E-state index contributed by atoms with van der Waals surface area (Å²) in [5, 5.41) is 6.99. The number of nitrogens with one attached hydrogen (secondary N) is 2. The Hall–Kier alpha value is -1.82. The van der Waals surface area contributed by atoms with Gasteiger partial charge in [0, 0.05) is 16.9 Å². The molecule has 5 nitrogen and oxygen atoms in total. The molecule has 0 aliphatic rings. The highest BCUT2D eigenvalue weighted by atomic mass is 32.2. The van der Waals surface area contributed by atoms with Crippen molar-refractivity contribution in [1.82, 2.24) is 10.2 Å². The van der Waals surface area contributed by atoms with Gasteiger partial charge in [-0.05, 0) is 25.1 Å². The van der Waals surface area contributed by atoms with E-state index in [-0.39, 0.29) is 0 Å². The second-order valence-corrected chi connectivity index (χ2v) is 5.64. The van der Waals surface area contributed by atoms with Crippen LogP contribution in [0.4, 0.5) is 5.69 Å². The van der Waals surface area contributed by atoms with E-state index in [1.807, 2.05) is 25.1 Å². The fourth-order valence-corrected chi connectivity index (χ4v) is 2.05. The van der Waals surface area contributed by atoms with Crippen LogP contribution in [0, 0.1) is 6.92 Å². The standard InChI is InChI=1S/C11H13N3O2S/c1-8-7-11(13-12-8)9-3-5-10(6-4-9)14-17(2,15)16/h3-7,14H,1-2H3,(H,12,13). The van der Waals surface area contributed by atoms with Crippen molar-refractivity contribution in [3.8, 4) is 11.3 Å². The number of anilines is 1. The van der Waals surface area contributed by atoms with Crippen molar-refractivity contribution in [3.05, 3.63) is 36.0 Å². The molecule has 0 amide bonds. The van der Waals surface area contributed by atoms with Crippen LogP contribution in [0.1, 0.15) is 5.69 Å². The number of aromatic amines is 1. The Morgan fingerprint density at radius 2 is 1.88 bits per heavy atom. The lowest BCUT2D eigenvalue weighted by molar-refractivity contribution is 0.607. The number of aryl methyl sites for hydroxylation is 1. The molecule has 0 unspecified atom stereocenters. The molecular formula is C11H13N3O2S. The van der Waals surface area contributed by atoms with Crippen molar-refractivity contribution in [1.29, 1.82) is 0 Å². The Bertz CT molecular complexity index is 614. The number of aromatic nitrogens is 2. The summed E-state index contributed by atoms with van der Waals surface area (Å²) >= 11 is 0. The number of hydrogen-bond acceptors (Lipinski definition) is 3. The number of nitrogens with zero attached hydrogens (tertiary/aromatic N) is 1. The van der Waals surface area contributed by atoms with Crippen LogP contribution in [0.5, 0.6) is 0 Å². The molecule has 0 atom stereocenters. The predicted molar refractivity (Wildman–Crippen MR) is 67.2 cm³/mol. The third kappa shape index (κ3) is 3.07. The maximum Gasteiger partial charge on any atom is 0.229 e. The van der Waals surface area contributed by atoms with Gasteiger partial charge in [-0.15, -0.1) is 0 Å². The van der Waals surface area contributed by atoms with E-state index in [4.69, 9.17) is 0 Å². The van der Waals surface area contributed by atoms with Crippen LogP contribution in [0.25, 0.3) is 11.3 Å². The van der Waals surface area contributed by atoms with Crippen molar-refractivity contribution in [2.24, 2.45) is 0 Å². The molecule has 0 fully saturated rings. The van der Waals surface area contributed by atoms with Gasteiger partial charge in [0.1, 0.15) is 0 Å². The molecule has 0 saturated carbocycles. The van der Waals surface area contributed by atoms with Crippen molar-refractivity contribution < 1.29 is 8.42 Å². The normalized spacial score (nSPS) is 11.4. The first kappa shape index (κ1) is 11.7. The minimum absolute atomic E-state index is 0.545. The van der Waals surface area contributed by atoms with Crippen molar-refractivity contribution in [2.45, 2.75) is 6.92 Å². The number of benzene rings is 1. The largest absolute Gasteiger partial charge is 0.284 e. The summed E-state index contributed by atoms with van der Waals surface area (Å²) in [6.07, 6.45) is 1.12. The van der Waals surface area contributed by atoms with Crippen LogP contribution in [-0.4, -0.2) is 24.9 Å². The quantitative estimate of drug-likeness (QED) is 0.872. The topological polar surface area (TPSA) is 74.8 Å². The first-order valence-electron chi connectivity index (χ1n) is 5.04. The van der Waals surface area contributed by atoms with E-state index in [1.54, 1.807) is 12.1 Å². The van der Waals surface area contributed by atoms with Gasteiger partial charge in [0.15, 0.2) is 0 Å². The second kappa shape index (κ2) is 4.21. The monoisotopic (exact) mass is 251 g/mol. The van der Waals surface area contributed by atoms with Gasteiger partial charge in [-0.1, -0.05) is 12.1 Å². The SMILES string of the molecule is Cc1cc(-c2ccc(NS(C)(=O)=O)cc2)n[nH]1. The first-order valence-corrected chi connectivity index (χ1v) is 6.93. The molecule has 2 N–H and O–H groups in total. The van der Waals surface area contributed by atoms with E-state index < -0.39 is 10.0 Å². The highest BCUT2D eigenvalue weighted by Gasteiger charge is 2.04. The summed E-state index contributed by atoms with van der Waals surface area (Å²) in [7, 11) is -3.22. The van der Waals surface area contributed by atoms with Gasteiger partial charge in [-0.25, -0.2) is 8.42 Å². The number of sulfonamides is 1. The molecule has 6 heteroatoms. The van der Waals surface area contributed by atoms with Crippen molar-refractivity contribution in [3.63, 3.8) is 0 Å². The van der Waals surface area contributed by atoms with Crippen LogP contribution in [0.15, 0.2) is 30.3 Å². The highest BCUT2D eigenvalue weighted by Crippen LogP contribution is 2.20. The maximum atomic E-state index is 11.0. The van der Waals surface area contributed by atoms with E-state index in [0.717, 1.165) is 23.2 Å². The van der Waals surface area contributed by atoms with Crippen LogP contribution >= 0.6 is 0 Å². The van der Waals surface area contributed by atoms with Crippen LogP contribution in [-0.2, 0) is 10.0 Å². The average molecular weight is 251 g/mol. The Labute approximate surface area is 99.9 Å². The first-order chi connectivity index (χ1) is 7.94. The van der Waals surface area contributed by atoms with Gasteiger partial charge in [0.25, 0.3) is 0 Å². The third-order valence-electron chi connectivity index (χ3n) is 2.19. The predicted octanol–water partition coefficient (Wildman–Crippen LogP) is 1.76. The van der Waals surface area contributed by atoms with Crippen molar-refractivity contribution in [2.75, 3.05) is 11.0 Å². The molecule has 0 bridgehead atoms. The van der Waals surface area contributed by atoms with Crippen LogP contribution in [0.2, 0.25) is 0 Å². The van der Waals surface area contributed by atoms with Crippen molar-refractivity contribution >= 4 is 15.7 Å². The molecule has 1 aromatic carbocycles. The summed E-state index contributed by atoms with van der Waals surface area (Å²) in [6, 6.07) is 8.99. The molecule has 2 aromatic rings. The average Bonchev–Trinajstić information content (AvgIpc) is 2.63. The molecule has 0 spiro atoms. The second-order valence-electron chi connectivity index (χ2n) is 3.89. The van der Waals surface area contributed by atoms with Gasteiger partial charge in [-0.2, -0.15) is 5.10 Å². The Balaban J connectivity index is 2.24. The fourth-order valence-electron chi connectivity index (χ4n) is 1.49. The van der Waals surface area contributed by atoms with Gasteiger partial charge in [0.2, 0.25) is 10.0 Å². The number of H-pyrrole nitrogens is 1. The summed E-state index contributed by atoms with van der Waals surface area (Å²) in [4.78, 5) is 0. The van der Waals surface area contributed by atoms with E-state index in [1.165, 1.54) is 0 Å². The summed E-state index contributed by atoms with van der Waals surface area (Å²) in [5.74, 6) is 0. The van der Waals surface area contributed by atoms with Gasteiger partial charge < -0.3 is 0 Å². The summed E-state index contributed by atoms with van der Waals surface area (Å²) in [5.41, 5.74) is 3.31. The van der Waals surface area contributed by atoms with E-state index in [9.17, 15) is 8.42 Å². The molecule has 90 valence electrons. The molecule has 0 saturated heterocycles. The molecule has 17 heavy (non-hydrogen) atoms. The molecule has 1 aromatic heterocycles. The fraction of sp³-hybridized carbons (Fsp3) is 0.182. The Morgan fingerprint density at radius 1 is 1.24 bits per heavy atom. The lowest BCUT2D eigenvalue weighted by Gasteiger charge is -2.03. The Morgan fingerprint density at radius 3 is 2.35 bits per heavy atom. The minimum atomic E-state index is -3.22. The smallest absolute Gasteiger partial charge is 0.229 e. The van der Waals surface area contributed by atoms with Gasteiger partial charge in [0.05, 0.1) is 11.9 Å². The van der Waals surface area contributed by atoms with E-state index in [0.29, 0.717) is 5.69 Å². The summed E-state index contributed by atoms with van der Waals surface area (Å²) < 4.78 is 24.5. The lowest BCUT2D eigenvalue weighted by Crippen LogP contribution is -2.09. The maximum absolute atomic E-state index is 11.0. The zero-order valence-electron chi connectivity index (χ0n) is 9.56. The lowest BCUT2D eigenvalue weighted by atomic mass is 10.1. The third-order valence-corrected chi connectivity index (χ3v) is 2.80. The highest BCUT2D eigenvalue weighted by molar-refractivity contribution is 7.92. The molecule has 0 radical (unpaired) electrons. The van der Waals surface area contributed by atoms with Crippen LogP contribution < -0.4 is 4.72 Å². The van der Waals surface area contributed by atoms with Gasteiger partial charge >= 0.3 is 0 Å². The number of rotatable bonds is 3. The summed E-state index contributed by atoms with van der Waals surface area (Å²) in [6.45, 7) is 1.93. The zero-order valence-corrected chi connectivity index (χ0v) is 10.4. The molecule has 0 aliphatic heterocycles. The number of hydrogen-bond donors (Lipinski definition) is 2. The zero-order chi connectivity index (χ0) is 12.5. The van der Waals surface area contributed by atoms with Gasteiger partial charge in [-0.3, -0.25) is 9.82 Å². The molecular weight excluding hydrogens is 238 g/mol.